The van der Waals surface area contributed by atoms with Crippen molar-refractivity contribution in [2.75, 3.05) is 0 Å². The number of imidazole rings is 1. The molecular weight excluding hydrogens is 204 g/mol. The molecule has 0 saturated carbocycles. The summed E-state index contributed by atoms with van der Waals surface area (Å²) in [6, 6.07) is 3.82. The molecule has 0 aromatic carbocycles. The Kier molecular flexibility index (Phi) is 1.73. The lowest BCUT2D eigenvalue weighted by Crippen LogP contribution is -1.86. The van der Waals surface area contributed by atoms with Crippen molar-refractivity contribution >= 4 is 5.65 Å². The van der Waals surface area contributed by atoms with E-state index in [0.717, 1.165) is 16.8 Å². The highest BCUT2D eigenvalue weighted by Gasteiger charge is 2.04. The van der Waals surface area contributed by atoms with Gasteiger partial charge in [0, 0.05) is 30.6 Å². The number of aromatic hydroxyl groups is 1. The summed E-state index contributed by atoms with van der Waals surface area (Å²) in [6.45, 7) is 0. The summed E-state index contributed by atoms with van der Waals surface area (Å²) in [4.78, 5) is 4.05. The predicted octanol–water partition coefficient (Wildman–Crippen LogP) is 1.44. The van der Waals surface area contributed by atoms with E-state index in [4.69, 9.17) is 0 Å². The Bertz CT molecular complexity index is 653. The zero-order chi connectivity index (χ0) is 11.1. The monoisotopic (exact) mass is 214 g/mol. The zero-order valence-corrected chi connectivity index (χ0v) is 8.70. The second-order valence-electron chi connectivity index (χ2n) is 3.67. The number of hydrogen-bond donors (Lipinski definition) is 1. The van der Waals surface area contributed by atoms with Gasteiger partial charge >= 0.3 is 0 Å². The summed E-state index contributed by atoms with van der Waals surface area (Å²) >= 11 is 0. The van der Waals surface area contributed by atoms with Crippen LogP contribution in [0.3, 0.4) is 0 Å². The lowest BCUT2D eigenvalue weighted by atomic mass is 10.2. The second kappa shape index (κ2) is 3.10. The predicted molar refractivity (Wildman–Crippen MR) is 59.1 cm³/mol. The van der Waals surface area contributed by atoms with Gasteiger partial charge < -0.3 is 5.11 Å². The van der Waals surface area contributed by atoms with Crippen LogP contribution in [0.15, 0.2) is 36.9 Å². The van der Waals surface area contributed by atoms with Gasteiger partial charge in [-0.15, -0.1) is 0 Å². The molecule has 0 aliphatic carbocycles. The molecule has 3 aromatic heterocycles. The maximum atomic E-state index is 9.57. The van der Waals surface area contributed by atoms with Gasteiger partial charge in [0.05, 0.1) is 12.4 Å². The highest BCUT2D eigenvalue weighted by Crippen LogP contribution is 2.21. The SMILES string of the molecule is Cn1cc(-c2ccc3ncc(O)n3c2)cn1. The number of fused-ring (bicyclic) bond motifs is 1. The molecule has 5 heteroatoms. The van der Waals surface area contributed by atoms with Gasteiger partial charge in [-0.2, -0.15) is 5.10 Å². The van der Waals surface area contributed by atoms with Crippen LogP contribution in [0.1, 0.15) is 0 Å². The van der Waals surface area contributed by atoms with Crippen LogP contribution >= 0.6 is 0 Å². The Morgan fingerprint density at radius 2 is 2.00 bits per heavy atom. The fraction of sp³-hybridized carbons (Fsp3) is 0.0909. The molecule has 3 aromatic rings. The van der Waals surface area contributed by atoms with Crippen LogP contribution in [-0.4, -0.2) is 24.3 Å². The van der Waals surface area contributed by atoms with Crippen molar-refractivity contribution in [2.24, 2.45) is 7.05 Å². The lowest BCUT2D eigenvalue weighted by molar-refractivity contribution is 0.448. The first-order valence-corrected chi connectivity index (χ1v) is 4.89. The van der Waals surface area contributed by atoms with Gasteiger partial charge in [0.2, 0.25) is 5.88 Å². The van der Waals surface area contributed by atoms with Crippen molar-refractivity contribution in [3.63, 3.8) is 0 Å². The van der Waals surface area contributed by atoms with Crippen molar-refractivity contribution in [2.45, 2.75) is 0 Å². The molecule has 0 spiro atoms. The number of aromatic nitrogens is 4. The number of rotatable bonds is 1. The number of nitrogens with zero attached hydrogens (tertiary/aromatic N) is 4. The van der Waals surface area contributed by atoms with E-state index < -0.39 is 0 Å². The third kappa shape index (κ3) is 1.25. The van der Waals surface area contributed by atoms with E-state index in [2.05, 4.69) is 10.1 Å². The number of aryl methyl sites for hydroxylation is 1. The third-order valence-electron chi connectivity index (χ3n) is 2.52. The molecule has 0 aliphatic heterocycles. The molecule has 5 nitrogen and oxygen atoms in total. The summed E-state index contributed by atoms with van der Waals surface area (Å²) in [5, 5.41) is 13.7. The van der Waals surface area contributed by atoms with Crippen LogP contribution in [-0.2, 0) is 7.05 Å². The van der Waals surface area contributed by atoms with E-state index >= 15 is 0 Å². The normalized spacial score (nSPS) is 11.1. The van der Waals surface area contributed by atoms with E-state index in [-0.39, 0.29) is 5.88 Å². The molecule has 0 unspecified atom stereocenters. The molecule has 0 radical (unpaired) electrons. The van der Waals surface area contributed by atoms with E-state index in [9.17, 15) is 5.11 Å². The van der Waals surface area contributed by atoms with Crippen molar-refractivity contribution in [1.82, 2.24) is 19.2 Å². The van der Waals surface area contributed by atoms with Gasteiger partial charge in [0.1, 0.15) is 5.65 Å². The highest BCUT2D eigenvalue weighted by molar-refractivity contribution is 5.63. The molecule has 0 amide bonds. The lowest BCUT2D eigenvalue weighted by Gasteiger charge is -1.99. The minimum atomic E-state index is 0.140. The molecule has 0 saturated heterocycles. The molecule has 0 aliphatic rings. The van der Waals surface area contributed by atoms with Crippen LogP contribution in [0.2, 0.25) is 0 Å². The minimum Gasteiger partial charge on any atom is -0.493 e. The Morgan fingerprint density at radius 1 is 1.12 bits per heavy atom. The van der Waals surface area contributed by atoms with E-state index in [1.165, 1.54) is 6.20 Å². The van der Waals surface area contributed by atoms with Gasteiger partial charge in [-0.1, -0.05) is 0 Å². The van der Waals surface area contributed by atoms with Gasteiger partial charge in [0.25, 0.3) is 0 Å². The zero-order valence-electron chi connectivity index (χ0n) is 8.70. The highest BCUT2D eigenvalue weighted by atomic mass is 16.3. The summed E-state index contributed by atoms with van der Waals surface area (Å²) < 4.78 is 3.38. The Balaban J connectivity index is 2.21. The largest absolute Gasteiger partial charge is 0.493 e. The molecule has 0 atom stereocenters. The molecular formula is C11H10N4O. The first-order chi connectivity index (χ1) is 7.74. The molecule has 80 valence electrons. The van der Waals surface area contributed by atoms with Gasteiger partial charge in [-0.3, -0.25) is 9.08 Å². The van der Waals surface area contributed by atoms with Crippen LogP contribution in [0, 0.1) is 0 Å². The van der Waals surface area contributed by atoms with Crippen molar-refractivity contribution in [1.29, 1.82) is 0 Å². The van der Waals surface area contributed by atoms with E-state index in [1.54, 1.807) is 15.3 Å². The number of hydrogen-bond acceptors (Lipinski definition) is 3. The maximum Gasteiger partial charge on any atom is 0.215 e. The fourth-order valence-corrected chi connectivity index (χ4v) is 1.71. The summed E-state index contributed by atoms with van der Waals surface area (Å²) in [7, 11) is 1.87. The molecule has 0 fully saturated rings. The standard InChI is InChI=1S/C11H10N4O/c1-14-6-9(4-13-14)8-2-3-10-12-5-11(16)15(10)7-8/h2-7,16H,1H3. The molecule has 1 N–H and O–H groups in total. The topological polar surface area (TPSA) is 55.3 Å². The van der Waals surface area contributed by atoms with Gasteiger partial charge in [-0.05, 0) is 12.1 Å². The van der Waals surface area contributed by atoms with Crippen LogP contribution in [0.25, 0.3) is 16.8 Å². The minimum absolute atomic E-state index is 0.140. The molecule has 3 heterocycles. The summed E-state index contributed by atoms with van der Waals surface area (Å²) in [5.41, 5.74) is 2.73. The average Bonchev–Trinajstić information content (AvgIpc) is 2.86. The van der Waals surface area contributed by atoms with Crippen LogP contribution in [0.4, 0.5) is 0 Å². The summed E-state index contributed by atoms with van der Waals surface area (Å²) in [6.07, 6.45) is 6.99. The van der Waals surface area contributed by atoms with Crippen molar-refractivity contribution in [3.8, 4) is 17.0 Å². The molecule has 16 heavy (non-hydrogen) atoms. The second-order valence-corrected chi connectivity index (χ2v) is 3.67. The van der Waals surface area contributed by atoms with E-state index in [1.807, 2.05) is 31.6 Å². The maximum absolute atomic E-state index is 9.57. The van der Waals surface area contributed by atoms with Gasteiger partial charge in [-0.25, -0.2) is 4.98 Å². The van der Waals surface area contributed by atoms with Crippen molar-refractivity contribution in [3.05, 3.63) is 36.9 Å². The van der Waals surface area contributed by atoms with Crippen LogP contribution in [0.5, 0.6) is 5.88 Å². The first kappa shape index (κ1) is 8.96. The van der Waals surface area contributed by atoms with Crippen molar-refractivity contribution < 1.29 is 5.11 Å². The van der Waals surface area contributed by atoms with Crippen LogP contribution < -0.4 is 0 Å². The third-order valence-corrected chi connectivity index (χ3v) is 2.52. The Hall–Kier alpha value is -2.30. The average molecular weight is 214 g/mol. The smallest absolute Gasteiger partial charge is 0.215 e. The van der Waals surface area contributed by atoms with Gasteiger partial charge in [0.15, 0.2) is 0 Å². The number of pyridine rings is 1. The summed E-state index contributed by atoms with van der Waals surface area (Å²) in [5.74, 6) is 0.140. The Labute approximate surface area is 91.6 Å². The molecule has 0 bridgehead atoms. The fourth-order valence-electron chi connectivity index (χ4n) is 1.71. The van der Waals surface area contributed by atoms with E-state index in [0.29, 0.717) is 0 Å². The molecule has 3 rings (SSSR count). The first-order valence-electron chi connectivity index (χ1n) is 4.89. The Morgan fingerprint density at radius 3 is 2.75 bits per heavy atom. The quantitative estimate of drug-likeness (QED) is 0.666.